The molecule has 88 valence electrons. The van der Waals surface area contributed by atoms with Crippen molar-refractivity contribution in [1.82, 2.24) is 0 Å². The van der Waals surface area contributed by atoms with E-state index in [-0.39, 0.29) is 12.2 Å². The zero-order valence-electron chi connectivity index (χ0n) is 9.56. The molecule has 0 amide bonds. The molecule has 1 N–H and O–H groups in total. The smallest absolute Gasteiger partial charge is 0.119 e. The Morgan fingerprint density at radius 1 is 1.38 bits per heavy atom. The minimum Gasteiger partial charge on any atom is -0.497 e. The van der Waals surface area contributed by atoms with Gasteiger partial charge < -0.3 is 14.6 Å². The van der Waals surface area contributed by atoms with Crippen LogP contribution in [-0.4, -0.2) is 24.4 Å². The van der Waals surface area contributed by atoms with Crippen molar-refractivity contribution < 1.29 is 14.6 Å². The van der Waals surface area contributed by atoms with Gasteiger partial charge in [-0.25, -0.2) is 0 Å². The number of hydrogen-bond donors (Lipinski definition) is 1. The Morgan fingerprint density at radius 2 is 2.25 bits per heavy atom. The van der Waals surface area contributed by atoms with Gasteiger partial charge in [0.05, 0.1) is 25.9 Å². The highest BCUT2D eigenvalue weighted by Gasteiger charge is 2.23. The maximum absolute atomic E-state index is 9.38. The van der Waals surface area contributed by atoms with Gasteiger partial charge in [0.25, 0.3) is 0 Å². The molecule has 3 heteroatoms. The lowest BCUT2D eigenvalue weighted by molar-refractivity contribution is 0.0356. The Labute approximate surface area is 96.0 Å². The predicted molar refractivity (Wildman–Crippen MR) is 61.4 cm³/mol. The molecule has 1 aromatic carbocycles. The molecule has 0 spiro atoms. The van der Waals surface area contributed by atoms with E-state index in [1.165, 1.54) is 0 Å². The van der Waals surface area contributed by atoms with Crippen LogP contribution in [0.2, 0.25) is 0 Å². The fourth-order valence-corrected chi connectivity index (χ4v) is 2.05. The van der Waals surface area contributed by atoms with E-state index >= 15 is 0 Å². The summed E-state index contributed by atoms with van der Waals surface area (Å²) in [6.45, 7) is 0.592. The van der Waals surface area contributed by atoms with E-state index in [1.54, 1.807) is 7.11 Å². The first kappa shape index (κ1) is 11.4. The third-order valence-corrected chi connectivity index (χ3v) is 2.98. The minimum absolute atomic E-state index is 0.171. The van der Waals surface area contributed by atoms with E-state index in [9.17, 15) is 5.11 Å². The minimum atomic E-state index is -0.171. The van der Waals surface area contributed by atoms with Crippen LogP contribution in [-0.2, 0) is 11.3 Å². The lowest BCUT2D eigenvalue weighted by atomic mass is 10.2. The maximum atomic E-state index is 9.38. The lowest BCUT2D eigenvalue weighted by Crippen LogP contribution is -2.10. The molecule has 1 aliphatic carbocycles. The first-order chi connectivity index (χ1) is 7.78. The number of rotatable bonds is 4. The molecule has 1 aromatic rings. The van der Waals surface area contributed by atoms with Crippen LogP contribution in [0.25, 0.3) is 0 Å². The van der Waals surface area contributed by atoms with Crippen molar-refractivity contribution in [2.75, 3.05) is 7.11 Å². The highest BCUT2D eigenvalue weighted by molar-refractivity contribution is 5.27. The molecular formula is C13H18O3. The first-order valence-electron chi connectivity index (χ1n) is 5.70. The summed E-state index contributed by atoms with van der Waals surface area (Å²) in [5.74, 6) is 0.854. The third-order valence-electron chi connectivity index (χ3n) is 2.98. The van der Waals surface area contributed by atoms with Crippen LogP contribution >= 0.6 is 0 Å². The summed E-state index contributed by atoms with van der Waals surface area (Å²) in [6, 6.07) is 7.88. The summed E-state index contributed by atoms with van der Waals surface area (Å²) in [5.41, 5.74) is 1.11. The molecule has 2 unspecified atom stereocenters. The van der Waals surface area contributed by atoms with Gasteiger partial charge in [0, 0.05) is 0 Å². The number of aliphatic hydroxyl groups is 1. The van der Waals surface area contributed by atoms with E-state index in [0.717, 1.165) is 30.6 Å². The van der Waals surface area contributed by atoms with Gasteiger partial charge in [-0.3, -0.25) is 0 Å². The van der Waals surface area contributed by atoms with Gasteiger partial charge in [0.15, 0.2) is 0 Å². The second-order valence-electron chi connectivity index (χ2n) is 4.25. The Kier molecular flexibility index (Phi) is 3.80. The molecule has 0 aromatic heterocycles. The van der Waals surface area contributed by atoms with Crippen LogP contribution in [0.4, 0.5) is 0 Å². The van der Waals surface area contributed by atoms with Gasteiger partial charge in [-0.1, -0.05) is 12.1 Å². The Hall–Kier alpha value is -1.06. The van der Waals surface area contributed by atoms with Gasteiger partial charge in [-0.2, -0.15) is 0 Å². The fraction of sp³-hybridized carbons (Fsp3) is 0.538. The first-order valence-corrected chi connectivity index (χ1v) is 5.70. The van der Waals surface area contributed by atoms with E-state index < -0.39 is 0 Å². The van der Waals surface area contributed by atoms with Crippen molar-refractivity contribution in [3.05, 3.63) is 29.8 Å². The zero-order valence-corrected chi connectivity index (χ0v) is 9.56. The fourth-order valence-electron chi connectivity index (χ4n) is 2.05. The Morgan fingerprint density at radius 3 is 2.94 bits per heavy atom. The van der Waals surface area contributed by atoms with Crippen LogP contribution in [0.1, 0.15) is 24.8 Å². The monoisotopic (exact) mass is 222 g/mol. The Balaban J connectivity index is 1.84. The molecule has 2 rings (SSSR count). The van der Waals surface area contributed by atoms with E-state index in [0.29, 0.717) is 6.61 Å². The second kappa shape index (κ2) is 5.32. The topological polar surface area (TPSA) is 38.7 Å². The number of ether oxygens (including phenoxy) is 2. The van der Waals surface area contributed by atoms with Crippen molar-refractivity contribution in [1.29, 1.82) is 0 Å². The van der Waals surface area contributed by atoms with Gasteiger partial charge in [0.1, 0.15) is 5.75 Å². The van der Waals surface area contributed by atoms with Crippen molar-refractivity contribution in [2.45, 2.75) is 38.1 Å². The number of benzene rings is 1. The SMILES string of the molecule is COc1cccc(COC2CCC(O)C2)c1. The van der Waals surface area contributed by atoms with Gasteiger partial charge in [0.2, 0.25) is 0 Å². The molecule has 3 nitrogen and oxygen atoms in total. The van der Waals surface area contributed by atoms with Crippen LogP contribution < -0.4 is 4.74 Å². The lowest BCUT2D eigenvalue weighted by Gasteiger charge is -2.11. The van der Waals surface area contributed by atoms with Gasteiger partial charge in [-0.15, -0.1) is 0 Å². The summed E-state index contributed by atoms with van der Waals surface area (Å²) >= 11 is 0. The second-order valence-corrected chi connectivity index (χ2v) is 4.25. The number of hydrogen-bond acceptors (Lipinski definition) is 3. The summed E-state index contributed by atoms with van der Waals surface area (Å²) in [7, 11) is 1.66. The average molecular weight is 222 g/mol. The number of aliphatic hydroxyl groups excluding tert-OH is 1. The molecule has 16 heavy (non-hydrogen) atoms. The molecule has 0 aliphatic heterocycles. The van der Waals surface area contributed by atoms with Crippen molar-refractivity contribution in [3.63, 3.8) is 0 Å². The molecule has 0 heterocycles. The van der Waals surface area contributed by atoms with Crippen LogP contribution in [0.15, 0.2) is 24.3 Å². The highest BCUT2D eigenvalue weighted by atomic mass is 16.5. The Bertz CT molecular complexity index is 338. The van der Waals surface area contributed by atoms with Gasteiger partial charge >= 0.3 is 0 Å². The summed E-state index contributed by atoms with van der Waals surface area (Å²) in [4.78, 5) is 0. The standard InChI is InChI=1S/C13H18O3/c1-15-12-4-2-3-10(7-12)9-16-13-6-5-11(14)8-13/h2-4,7,11,13-14H,5-6,8-9H2,1H3. The largest absolute Gasteiger partial charge is 0.497 e. The molecule has 0 saturated heterocycles. The molecule has 1 fully saturated rings. The summed E-state index contributed by atoms with van der Waals surface area (Å²) < 4.78 is 10.9. The molecular weight excluding hydrogens is 204 g/mol. The molecule has 0 radical (unpaired) electrons. The molecule has 1 aliphatic rings. The maximum Gasteiger partial charge on any atom is 0.119 e. The molecule has 2 atom stereocenters. The molecule has 1 saturated carbocycles. The van der Waals surface area contributed by atoms with Crippen molar-refractivity contribution in [3.8, 4) is 5.75 Å². The van der Waals surface area contributed by atoms with Crippen molar-refractivity contribution in [2.24, 2.45) is 0 Å². The van der Waals surface area contributed by atoms with E-state index in [2.05, 4.69) is 0 Å². The average Bonchev–Trinajstić information content (AvgIpc) is 2.73. The third kappa shape index (κ3) is 2.97. The zero-order chi connectivity index (χ0) is 11.4. The quantitative estimate of drug-likeness (QED) is 0.848. The normalized spacial score (nSPS) is 24.6. The predicted octanol–water partition coefficient (Wildman–Crippen LogP) is 2.13. The van der Waals surface area contributed by atoms with Crippen molar-refractivity contribution >= 4 is 0 Å². The summed E-state index contributed by atoms with van der Waals surface area (Å²) in [6.07, 6.45) is 2.63. The molecule has 0 bridgehead atoms. The van der Waals surface area contributed by atoms with E-state index in [1.807, 2.05) is 24.3 Å². The van der Waals surface area contributed by atoms with Gasteiger partial charge in [-0.05, 0) is 37.0 Å². The summed E-state index contributed by atoms with van der Waals surface area (Å²) in [5, 5.41) is 9.38. The van der Waals surface area contributed by atoms with Crippen LogP contribution in [0.5, 0.6) is 5.75 Å². The highest BCUT2D eigenvalue weighted by Crippen LogP contribution is 2.23. The van der Waals surface area contributed by atoms with Crippen LogP contribution in [0.3, 0.4) is 0 Å². The van der Waals surface area contributed by atoms with Crippen LogP contribution in [0, 0.1) is 0 Å². The van der Waals surface area contributed by atoms with E-state index in [4.69, 9.17) is 9.47 Å². The number of methoxy groups -OCH3 is 1.